The Balaban J connectivity index is 1.53. The van der Waals surface area contributed by atoms with Crippen molar-refractivity contribution in [1.82, 2.24) is 0 Å². The summed E-state index contributed by atoms with van der Waals surface area (Å²) < 4.78 is 19.3. The number of benzene rings is 2. The van der Waals surface area contributed by atoms with Gasteiger partial charge in [0.2, 0.25) is 0 Å². The summed E-state index contributed by atoms with van der Waals surface area (Å²) in [4.78, 5) is 9.60. The van der Waals surface area contributed by atoms with Crippen LogP contribution in [0.3, 0.4) is 0 Å². The van der Waals surface area contributed by atoms with Crippen LogP contribution in [0.25, 0.3) is 0 Å². The average Bonchev–Trinajstić information content (AvgIpc) is 2.75. The fourth-order valence-electron chi connectivity index (χ4n) is 2.72. The summed E-state index contributed by atoms with van der Waals surface area (Å²) >= 11 is -4.06. The van der Waals surface area contributed by atoms with Crippen molar-refractivity contribution < 1.29 is 46.5 Å². The van der Waals surface area contributed by atoms with Gasteiger partial charge in [0.1, 0.15) is 0 Å². The van der Waals surface area contributed by atoms with E-state index in [1.165, 1.54) is 10.8 Å². The Labute approximate surface area is 214 Å². The van der Waals surface area contributed by atoms with Gasteiger partial charge in [-0.05, 0) is 0 Å². The van der Waals surface area contributed by atoms with Gasteiger partial charge in [0, 0.05) is 0 Å². The SMILES string of the molecule is C[I-](C)(CCCCOc1cccc(N)c1)SO[I-](C)(C)SCCCCOc1cccc(N)c1. The summed E-state index contributed by atoms with van der Waals surface area (Å²) in [6.07, 6.45) is 4.45. The zero-order chi connectivity index (χ0) is 24.2. The topological polar surface area (TPSA) is 79.7 Å². The third kappa shape index (κ3) is 13.4. The van der Waals surface area contributed by atoms with Gasteiger partial charge < -0.3 is 0 Å². The van der Waals surface area contributed by atoms with E-state index in [1.54, 1.807) is 0 Å². The van der Waals surface area contributed by atoms with Gasteiger partial charge in [-0.25, -0.2) is 0 Å². The van der Waals surface area contributed by atoms with E-state index in [0.29, 0.717) is 0 Å². The van der Waals surface area contributed by atoms with Gasteiger partial charge in [0.05, 0.1) is 0 Å². The van der Waals surface area contributed by atoms with Gasteiger partial charge in [0.15, 0.2) is 0 Å². The van der Waals surface area contributed by atoms with Crippen molar-refractivity contribution in [2.45, 2.75) is 25.7 Å². The second-order valence-corrected chi connectivity index (χ2v) is 38.5. The first-order valence-electron chi connectivity index (χ1n) is 10.9. The standard InChI is InChI=1S/C24H40I2N2O3S2/c1-25(2,15-5-6-16-29-23-13-9-11-21(27)19-23)33-31-26(3,4)32-18-8-7-17-30-24-14-10-12-22(28)20-24/h9-14,19-20H,5-8,15-18,27-28H2,1-4H3/q-2. The van der Waals surface area contributed by atoms with Crippen molar-refractivity contribution in [2.24, 2.45) is 0 Å². The summed E-state index contributed by atoms with van der Waals surface area (Å²) in [5.74, 6) is 2.85. The molecule has 0 aromatic heterocycles. The van der Waals surface area contributed by atoms with Crippen molar-refractivity contribution in [1.29, 1.82) is 0 Å². The summed E-state index contributed by atoms with van der Waals surface area (Å²) in [6.45, 7) is 1.47. The van der Waals surface area contributed by atoms with Crippen LogP contribution >= 0.6 is 18.1 Å². The molecule has 4 N–H and O–H groups in total. The van der Waals surface area contributed by atoms with E-state index in [-0.39, 0.29) is 0 Å². The number of hydrogen-bond donors (Lipinski definition) is 2. The molecule has 33 heavy (non-hydrogen) atoms. The summed E-state index contributed by atoms with van der Waals surface area (Å²) in [7, 11) is 3.91. The second-order valence-electron chi connectivity index (χ2n) is 8.27. The third-order valence-corrected chi connectivity index (χ3v) is 26.0. The fraction of sp³-hybridized carbons (Fsp3) is 0.500. The van der Waals surface area contributed by atoms with E-state index in [9.17, 15) is 0 Å². The molecule has 0 saturated carbocycles. The van der Waals surface area contributed by atoms with Gasteiger partial charge in [-0.2, -0.15) is 0 Å². The van der Waals surface area contributed by atoms with Gasteiger partial charge in [0.25, 0.3) is 0 Å². The average molecular weight is 723 g/mol. The van der Waals surface area contributed by atoms with Gasteiger partial charge in [-0.15, -0.1) is 0 Å². The quantitative estimate of drug-likeness (QED) is 0.0822. The minimum atomic E-state index is -2.17. The van der Waals surface area contributed by atoms with Crippen LogP contribution in [-0.4, -0.2) is 43.1 Å². The maximum absolute atomic E-state index is 6.47. The predicted octanol–water partition coefficient (Wildman–Crippen LogP) is -0.148. The summed E-state index contributed by atoms with van der Waals surface area (Å²) in [5.41, 5.74) is 13.1. The number of nitrogens with two attached hydrogens (primary N) is 2. The maximum atomic E-state index is 6.47. The Morgan fingerprint density at radius 3 is 1.85 bits per heavy atom. The molecule has 0 aliphatic carbocycles. The van der Waals surface area contributed by atoms with Crippen LogP contribution in [0.5, 0.6) is 11.5 Å². The molecule has 0 aliphatic rings. The number of nitrogen functional groups attached to an aromatic ring is 2. The zero-order valence-electron chi connectivity index (χ0n) is 20.2. The molecule has 2 aromatic rings. The van der Waals surface area contributed by atoms with E-state index in [1.807, 2.05) is 57.7 Å². The van der Waals surface area contributed by atoms with Crippen molar-refractivity contribution >= 4 is 29.5 Å². The normalized spacial score (nSPS) is 13.0. The van der Waals surface area contributed by atoms with E-state index < -0.39 is 34.5 Å². The van der Waals surface area contributed by atoms with Crippen LogP contribution in [0.1, 0.15) is 25.7 Å². The number of anilines is 2. The number of alkyl halides is 5. The molecule has 192 valence electrons. The Kier molecular flexibility index (Phi) is 13.2. The number of rotatable bonds is 16. The van der Waals surface area contributed by atoms with Crippen LogP contribution in [-0.2, 0) is 2.51 Å². The van der Waals surface area contributed by atoms with Crippen LogP contribution in [0.4, 0.5) is 11.4 Å². The van der Waals surface area contributed by atoms with Crippen LogP contribution in [0, 0.1) is 0 Å². The van der Waals surface area contributed by atoms with E-state index in [4.69, 9.17) is 23.5 Å². The Bertz CT molecular complexity index is 841. The zero-order valence-corrected chi connectivity index (χ0v) is 26.2. The van der Waals surface area contributed by atoms with Crippen molar-refractivity contribution in [3.63, 3.8) is 0 Å². The van der Waals surface area contributed by atoms with Gasteiger partial charge >= 0.3 is 216 Å². The Hall–Kier alpha value is -0.240. The van der Waals surface area contributed by atoms with Crippen LogP contribution < -0.4 is 55.5 Å². The molecule has 9 heteroatoms. The molecule has 0 fully saturated rings. The molecule has 0 aliphatic heterocycles. The first kappa shape index (κ1) is 29.0. The van der Waals surface area contributed by atoms with E-state index in [0.717, 1.165) is 61.1 Å². The molecule has 2 rings (SSSR count). The molecule has 0 heterocycles. The molecular weight excluding hydrogens is 682 g/mol. The molecule has 0 spiro atoms. The number of unbranched alkanes of at least 4 members (excludes halogenated alkanes) is 2. The monoisotopic (exact) mass is 722 g/mol. The van der Waals surface area contributed by atoms with Crippen molar-refractivity contribution in [3.8, 4) is 11.5 Å². The number of halogens is 2. The molecule has 0 amide bonds. The predicted molar refractivity (Wildman–Crippen MR) is 141 cm³/mol. The van der Waals surface area contributed by atoms with Crippen molar-refractivity contribution in [2.75, 3.05) is 54.6 Å². The number of ether oxygens (including phenoxy) is 2. The molecule has 5 nitrogen and oxygen atoms in total. The number of hydrogen-bond acceptors (Lipinski definition) is 7. The summed E-state index contributed by atoms with van der Waals surface area (Å²) in [5, 5.41) is 0. The second kappa shape index (κ2) is 15.0. The molecule has 2 aromatic carbocycles. The van der Waals surface area contributed by atoms with E-state index in [2.05, 4.69) is 28.7 Å². The van der Waals surface area contributed by atoms with Crippen LogP contribution in [0.15, 0.2) is 48.5 Å². The Morgan fingerprint density at radius 2 is 1.30 bits per heavy atom. The fourth-order valence-corrected chi connectivity index (χ4v) is 31.3. The molecule has 0 bridgehead atoms. The molecular formula is C24H40I2N2O3S2-2. The first-order valence-corrected chi connectivity index (χ1v) is 28.8. The third-order valence-electron chi connectivity index (χ3n) is 4.46. The molecule has 0 unspecified atom stereocenters. The van der Waals surface area contributed by atoms with Crippen molar-refractivity contribution in [3.05, 3.63) is 48.5 Å². The molecule has 0 radical (unpaired) electrons. The minimum absolute atomic E-state index is 0.732. The Morgan fingerprint density at radius 1 is 0.758 bits per heavy atom. The van der Waals surface area contributed by atoms with Gasteiger partial charge in [-0.3, -0.25) is 0 Å². The van der Waals surface area contributed by atoms with Crippen LogP contribution in [0.2, 0.25) is 0 Å². The first-order chi connectivity index (χ1) is 15.7. The summed E-state index contributed by atoms with van der Waals surface area (Å²) in [6, 6.07) is 15.3. The van der Waals surface area contributed by atoms with E-state index >= 15 is 0 Å². The molecule has 0 saturated heterocycles. The molecule has 0 atom stereocenters. The van der Waals surface area contributed by atoms with Gasteiger partial charge in [-0.1, -0.05) is 0 Å².